The maximum Gasteiger partial charge on any atom is 0.183 e. The summed E-state index contributed by atoms with van der Waals surface area (Å²) in [6.07, 6.45) is 1.68. The van der Waals surface area contributed by atoms with Crippen LogP contribution in [0.5, 0.6) is 0 Å². The number of rotatable bonds is 14. The molecule has 0 saturated heterocycles. The van der Waals surface area contributed by atoms with Gasteiger partial charge in [-0.3, -0.25) is 19.4 Å². The fourth-order valence-electron chi connectivity index (χ4n) is 6.54. The van der Waals surface area contributed by atoms with Crippen LogP contribution < -0.4 is 0 Å². The van der Waals surface area contributed by atoms with Gasteiger partial charge in [0, 0.05) is 11.1 Å². The highest BCUT2D eigenvalue weighted by molar-refractivity contribution is 6.04. The zero-order chi connectivity index (χ0) is 33.6. The number of ketones is 2. The minimum absolute atomic E-state index is 0.0652. The first-order chi connectivity index (χ1) is 21.9. The van der Waals surface area contributed by atoms with Crippen LogP contribution in [-0.4, -0.2) is 65.7 Å². The normalized spacial score (nSPS) is 14.9. The minimum Gasteiger partial charge on any atom is -0.384 e. The second-order valence-corrected chi connectivity index (χ2v) is 13.2. The average Bonchev–Trinajstić information content (AvgIpc) is 3.07. The van der Waals surface area contributed by atoms with Crippen molar-refractivity contribution in [2.45, 2.75) is 70.6 Å². The summed E-state index contributed by atoms with van der Waals surface area (Å²) in [6, 6.07) is 31.3. The van der Waals surface area contributed by atoms with Crippen molar-refractivity contribution in [2.24, 2.45) is 0 Å². The molecule has 2 atom stereocenters. The number of benzene rings is 4. The Kier molecular flexibility index (Phi) is 11.2. The van der Waals surface area contributed by atoms with Crippen molar-refractivity contribution in [2.75, 3.05) is 28.2 Å². The van der Waals surface area contributed by atoms with Crippen molar-refractivity contribution in [1.29, 1.82) is 0 Å². The summed E-state index contributed by atoms with van der Waals surface area (Å²) in [5.74, 6) is 0.130. The summed E-state index contributed by atoms with van der Waals surface area (Å²) in [5.41, 5.74) is 5.89. The van der Waals surface area contributed by atoms with E-state index in [4.69, 9.17) is 0 Å². The molecule has 5 nitrogen and oxygen atoms in total. The Balaban J connectivity index is 1.53. The number of carbonyl (C=O) groups excluding carboxylic acids is 2. The number of nitrogens with zero attached hydrogens (tertiary/aromatic N) is 2. The van der Waals surface area contributed by atoms with E-state index in [1.165, 1.54) is 11.1 Å². The molecule has 0 radical (unpaired) electrons. The number of aliphatic hydroxyl groups is 1. The molecular weight excluding hydrogens is 568 g/mol. The van der Waals surface area contributed by atoms with Gasteiger partial charge in [-0.15, -0.1) is 0 Å². The number of aryl methyl sites for hydroxylation is 2. The highest BCUT2D eigenvalue weighted by Crippen LogP contribution is 2.31. The van der Waals surface area contributed by atoms with Crippen LogP contribution in [0, 0.1) is 13.8 Å². The van der Waals surface area contributed by atoms with Gasteiger partial charge in [-0.25, -0.2) is 0 Å². The number of Topliss-reactive ketones (excluding diaryl/α,β-unsaturated/α-hetero) is 2. The van der Waals surface area contributed by atoms with Crippen molar-refractivity contribution in [3.63, 3.8) is 0 Å². The molecular formula is C41H50N2O3. The molecule has 0 aromatic heterocycles. The van der Waals surface area contributed by atoms with Crippen LogP contribution in [0.4, 0.5) is 0 Å². The first kappa shape index (κ1) is 35.0. The summed E-state index contributed by atoms with van der Waals surface area (Å²) in [4.78, 5) is 32.1. The molecule has 1 N–H and O–H groups in total. The molecule has 0 spiro atoms. The Morgan fingerprint density at radius 3 is 1.13 bits per heavy atom. The average molecular weight is 619 g/mol. The third kappa shape index (κ3) is 7.23. The van der Waals surface area contributed by atoms with Crippen LogP contribution in [0.25, 0.3) is 0 Å². The molecule has 4 aromatic rings. The first-order valence-electron chi connectivity index (χ1n) is 16.3. The lowest BCUT2D eigenvalue weighted by molar-refractivity contribution is 0.0661. The van der Waals surface area contributed by atoms with E-state index < -0.39 is 17.2 Å². The number of hydrogen-bond donors (Lipinski definition) is 1. The molecule has 242 valence electrons. The second-order valence-electron chi connectivity index (χ2n) is 13.2. The maximum absolute atomic E-state index is 14.0. The van der Waals surface area contributed by atoms with E-state index in [1.807, 2.05) is 86.5 Å². The summed E-state index contributed by atoms with van der Waals surface area (Å²) in [5, 5.41) is 11.3. The van der Waals surface area contributed by atoms with Crippen LogP contribution in [0.15, 0.2) is 97.1 Å². The summed E-state index contributed by atoms with van der Waals surface area (Å²) in [7, 11) is 7.86. The molecule has 4 rings (SSSR count). The van der Waals surface area contributed by atoms with Gasteiger partial charge < -0.3 is 5.11 Å². The van der Waals surface area contributed by atoms with Gasteiger partial charge in [0.15, 0.2) is 11.6 Å². The molecule has 4 aromatic carbocycles. The Morgan fingerprint density at radius 2 is 0.870 bits per heavy atom. The molecule has 0 aliphatic carbocycles. The highest BCUT2D eigenvalue weighted by atomic mass is 16.3. The van der Waals surface area contributed by atoms with E-state index in [2.05, 4.69) is 76.2 Å². The Hall–Kier alpha value is -3.90. The quantitative estimate of drug-likeness (QED) is 0.147. The molecule has 0 aliphatic heterocycles. The van der Waals surface area contributed by atoms with Gasteiger partial charge in [0.25, 0.3) is 0 Å². The topological polar surface area (TPSA) is 60.9 Å². The zero-order valence-electron chi connectivity index (χ0n) is 28.8. The van der Waals surface area contributed by atoms with Crippen molar-refractivity contribution >= 4 is 11.6 Å². The lowest BCUT2D eigenvalue weighted by Crippen LogP contribution is -2.52. The maximum atomic E-state index is 14.0. The largest absolute Gasteiger partial charge is 0.384 e. The zero-order valence-corrected chi connectivity index (χ0v) is 28.8. The fraction of sp³-hybridized carbons (Fsp3) is 0.366. The summed E-state index contributed by atoms with van der Waals surface area (Å²) < 4.78 is 0. The van der Waals surface area contributed by atoms with Gasteiger partial charge in [0.05, 0.1) is 11.1 Å². The SMILES string of the molecule is CCC(Cc1ccc(C)cc1)(C(=O)c1ccc(C(O)c2ccc(C(=O)C(CC)(Cc3ccc(C)cc3)N(C)C)cc2)cc1)N(C)C. The number of carbonyl (C=O) groups is 2. The van der Waals surface area contributed by atoms with Gasteiger partial charge >= 0.3 is 0 Å². The molecule has 0 bridgehead atoms. The van der Waals surface area contributed by atoms with Gasteiger partial charge in [0.2, 0.25) is 0 Å². The van der Waals surface area contributed by atoms with Crippen molar-refractivity contribution in [3.8, 4) is 0 Å². The van der Waals surface area contributed by atoms with Crippen molar-refractivity contribution in [3.05, 3.63) is 142 Å². The molecule has 0 fully saturated rings. The van der Waals surface area contributed by atoms with Crippen LogP contribution in [0.2, 0.25) is 0 Å². The second kappa shape index (κ2) is 14.7. The fourth-order valence-corrected chi connectivity index (χ4v) is 6.54. The molecule has 0 heterocycles. The lowest BCUT2D eigenvalue weighted by atomic mass is 9.79. The third-order valence-corrected chi connectivity index (χ3v) is 9.94. The highest BCUT2D eigenvalue weighted by Gasteiger charge is 2.40. The van der Waals surface area contributed by atoms with E-state index in [0.717, 1.165) is 11.1 Å². The lowest BCUT2D eigenvalue weighted by Gasteiger charge is -2.38. The van der Waals surface area contributed by atoms with E-state index in [1.54, 1.807) is 0 Å². The van der Waals surface area contributed by atoms with Gasteiger partial charge in [-0.05, 0) is 90.0 Å². The Morgan fingerprint density at radius 1 is 0.565 bits per heavy atom. The molecule has 0 saturated carbocycles. The molecule has 5 heteroatoms. The molecule has 0 amide bonds. The van der Waals surface area contributed by atoms with E-state index in [0.29, 0.717) is 47.9 Å². The monoisotopic (exact) mass is 618 g/mol. The standard InChI is InChI=1S/C41H50N2O3/c1-9-40(42(5)6,27-31-15-11-29(3)12-16-31)38(45)35-23-19-33(20-24-35)37(44)34-21-25-36(26-22-34)39(46)41(10-2,43(7)8)28-32-17-13-30(4)14-18-32/h11-26,37,44H,9-10,27-28H2,1-8H3. The number of aliphatic hydroxyl groups excluding tert-OH is 1. The first-order valence-corrected chi connectivity index (χ1v) is 16.3. The van der Waals surface area contributed by atoms with Gasteiger partial charge in [0.1, 0.15) is 6.10 Å². The predicted molar refractivity (Wildman–Crippen MR) is 189 cm³/mol. The van der Waals surface area contributed by atoms with Crippen LogP contribution in [-0.2, 0) is 12.8 Å². The summed E-state index contributed by atoms with van der Waals surface area (Å²) in [6.45, 7) is 8.25. The Labute approximate surface area is 275 Å². The van der Waals surface area contributed by atoms with Gasteiger partial charge in [-0.2, -0.15) is 0 Å². The molecule has 2 unspecified atom stereocenters. The van der Waals surface area contributed by atoms with Crippen molar-refractivity contribution < 1.29 is 14.7 Å². The van der Waals surface area contributed by atoms with Crippen LogP contribution >= 0.6 is 0 Å². The van der Waals surface area contributed by atoms with Gasteiger partial charge in [-0.1, -0.05) is 122 Å². The molecule has 46 heavy (non-hydrogen) atoms. The van der Waals surface area contributed by atoms with Crippen LogP contribution in [0.1, 0.15) is 86.9 Å². The van der Waals surface area contributed by atoms with E-state index in [9.17, 15) is 14.7 Å². The molecule has 0 aliphatic rings. The smallest absolute Gasteiger partial charge is 0.183 e. The Bertz CT molecular complexity index is 1480. The predicted octanol–water partition coefficient (Wildman–Crippen LogP) is 7.66. The van der Waals surface area contributed by atoms with Crippen molar-refractivity contribution in [1.82, 2.24) is 9.80 Å². The third-order valence-electron chi connectivity index (χ3n) is 9.94. The summed E-state index contributed by atoms with van der Waals surface area (Å²) >= 11 is 0. The number of hydrogen-bond acceptors (Lipinski definition) is 5. The number of likely N-dealkylation sites (N-methyl/N-ethyl adjacent to an activating group) is 2. The van der Waals surface area contributed by atoms with E-state index >= 15 is 0 Å². The van der Waals surface area contributed by atoms with Crippen LogP contribution in [0.3, 0.4) is 0 Å². The van der Waals surface area contributed by atoms with E-state index in [-0.39, 0.29) is 11.6 Å². The minimum atomic E-state index is -0.886.